The number of hydrogen-bond acceptors (Lipinski definition) is 3. The molecule has 16 heavy (non-hydrogen) atoms. The molecule has 0 fully saturated rings. The number of unbranched alkanes of at least 4 members (excludes halogenated alkanes) is 4. The van der Waals surface area contributed by atoms with Crippen LogP contribution in [0, 0.1) is 11.8 Å². The van der Waals surface area contributed by atoms with Gasteiger partial charge in [0.1, 0.15) is 6.79 Å². The molecule has 0 unspecified atom stereocenters. The van der Waals surface area contributed by atoms with E-state index in [1.54, 1.807) is 7.11 Å². The van der Waals surface area contributed by atoms with E-state index >= 15 is 0 Å². The van der Waals surface area contributed by atoms with Gasteiger partial charge in [-0.15, -0.1) is 11.8 Å². The number of ether oxygens (including phenoxy) is 2. The first-order valence-electron chi connectivity index (χ1n) is 6.81. The first-order chi connectivity index (χ1) is 8.56. The minimum atomic E-state index is -2.09. The summed E-state index contributed by atoms with van der Waals surface area (Å²) in [7, 11) is 1.61. The minimum absolute atomic E-state index is 0.0802. The Labute approximate surface area is 102 Å². The van der Waals surface area contributed by atoms with Crippen molar-refractivity contribution >= 4 is 0 Å². The molecule has 0 aromatic carbocycles. The third-order valence-corrected chi connectivity index (χ3v) is 2.03. The van der Waals surface area contributed by atoms with E-state index in [0.717, 1.165) is 38.7 Å². The van der Waals surface area contributed by atoms with Crippen LogP contribution < -0.4 is 0 Å². The summed E-state index contributed by atoms with van der Waals surface area (Å²) in [5.41, 5.74) is 0. The number of methoxy groups -OCH3 is 1. The topological polar surface area (TPSA) is 38.7 Å². The first kappa shape index (κ1) is 11.9. The maximum Gasteiger partial charge on any atom is 0.146 e. The summed E-state index contributed by atoms with van der Waals surface area (Å²) in [6, 6.07) is 0. The van der Waals surface area contributed by atoms with Crippen molar-refractivity contribution in [2.75, 3.05) is 27.1 Å². The summed E-state index contributed by atoms with van der Waals surface area (Å²) in [5.74, 6) is 5.86. The van der Waals surface area contributed by atoms with Crippen molar-refractivity contribution in [1.82, 2.24) is 0 Å². The van der Waals surface area contributed by atoms with Crippen molar-refractivity contribution in [2.45, 2.75) is 44.9 Å². The monoisotopic (exact) mass is 230 g/mol. The summed E-state index contributed by atoms with van der Waals surface area (Å²) < 4.78 is 23.7. The van der Waals surface area contributed by atoms with Gasteiger partial charge < -0.3 is 14.6 Å². The molecule has 0 heterocycles. The Kier molecular flexibility index (Phi) is 10.8. The van der Waals surface area contributed by atoms with Gasteiger partial charge >= 0.3 is 0 Å². The molecule has 0 amide bonds. The summed E-state index contributed by atoms with van der Waals surface area (Å²) >= 11 is 0. The highest BCUT2D eigenvalue weighted by Crippen LogP contribution is 2.02. The molecule has 0 spiro atoms. The van der Waals surface area contributed by atoms with E-state index in [4.69, 9.17) is 17.3 Å². The van der Waals surface area contributed by atoms with Crippen LogP contribution in [0.2, 0.25) is 0 Å². The Morgan fingerprint density at radius 3 is 2.44 bits per heavy atom. The van der Waals surface area contributed by atoms with Crippen molar-refractivity contribution in [2.24, 2.45) is 0 Å². The molecule has 3 heteroatoms. The average molecular weight is 230 g/mol. The average Bonchev–Trinajstić information content (AvgIpc) is 2.29. The van der Waals surface area contributed by atoms with Crippen LogP contribution in [0.15, 0.2) is 0 Å². The Morgan fingerprint density at radius 1 is 1.06 bits per heavy atom. The molecule has 0 aliphatic carbocycles. The van der Waals surface area contributed by atoms with Crippen LogP contribution >= 0.6 is 0 Å². The van der Waals surface area contributed by atoms with Gasteiger partial charge in [-0.1, -0.05) is 12.8 Å². The van der Waals surface area contributed by atoms with E-state index in [1.165, 1.54) is 0 Å². The second-order valence-electron chi connectivity index (χ2n) is 3.49. The standard InChI is InChI=1S/C13H24O3/c1-15-13-16-12-10-8-6-4-2-3-5-7-9-11-14/h14H,2,4,6-13H2,1H3/i11D2. The predicted octanol–water partition coefficient (Wildman–Crippen LogP) is 2.33. The summed E-state index contributed by atoms with van der Waals surface area (Å²) in [6.07, 6.45) is 5.69. The number of aliphatic hydroxyl groups is 1. The van der Waals surface area contributed by atoms with Crippen LogP contribution in [0.1, 0.15) is 47.7 Å². The van der Waals surface area contributed by atoms with Gasteiger partial charge in [-0.05, 0) is 19.3 Å². The van der Waals surface area contributed by atoms with Crippen molar-refractivity contribution < 1.29 is 17.3 Å². The Morgan fingerprint density at radius 2 is 1.75 bits per heavy atom. The molecule has 0 bridgehead atoms. The maximum absolute atomic E-state index is 8.82. The Bertz CT molecular complexity index is 241. The number of rotatable bonds is 10. The minimum Gasteiger partial charge on any atom is -0.396 e. The van der Waals surface area contributed by atoms with Crippen molar-refractivity contribution in [3.05, 3.63) is 0 Å². The third-order valence-electron chi connectivity index (χ3n) is 2.03. The van der Waals surface area contributed by atoms with Gasteiger partial charge in [0.15, 0.2) is 0 Å². The predicted molar refractivity (Wildman–Crippen MR) is 65.0 cm³/mol. The summed E-state index contributed by atoms with van der Waals surface area (Å²) in [4.78, 5) is 0. The highest BCUT2D eigenvalue weighted by atomic mass is 16.7. The molecule has 1 N–H and O–H groups in total. The molecule has 3 nitrogen and oxygen atoms in total. The van der Waals surface area contributed by atoms with Gasteiger partial charge in [0, 0.05) is 33.1 Å². The summed E-state index contributed by atoms with van der Waals surface area (Å²) in [5, 5.41) is 8.82. The molecule has 0 saturated heterocycles. The van der Waals surface area contributed by atoms with Crippen molar-refractivity contribution in [1.29, 1.82) is 0 Å². The van der Waals surface area contributed by atoms with Crippen LogP contribution in [0.3, 0.4) is 0 Å². The quantitative estimate of drug-likeness (QED) is 0.356. The Hall–Kier alpha value is -0.560. The normalized spacial score (nSPS) is 12.6. The second-order valence-corrected chi connectivity index (χ2v) is 3.49. The van der Waals surface area contributed by atoms with Gasteiger partial charge in [0.25, 0.3) is 0 Å². The largest absolute Gasteiger partial charge is 0.396 e. The lowest BCUT2D eigenvalue weighted by atomic mass is 10.1. The van der Waals surface area contributed by atoms with Crippen molar-refractivity contribution in [3.8, 4) is 11.8 Å². The fraction of sp³-hybridized carbons (Fsp3) is 0.846. The molecule has 0 aromatic rings. The van der Waals surface area contributed by atoms with Crippen LogP contribution in [0.5, 0.6) is 0 Å². The van der Waals surface area contributed by atoms with E-state index in [9.17, 15) is 0 Å². The lowest BCUT2D eigenvalue weighted by Crippen LogP contribution is -1.98. The van der Waals surface area contributed by atoms with Crippen LogP contribution in [-0.4, -0.2) is 32.2 Å². The van der Waals surface area contributed by atoms with Crippen LogP contribution in [0.25, 0.3) is 0 Å². The summed E-state index contributed by atoms with van der Waals surface area (Å²) in [6.45, 7) is -0.980. The van der Waals surface area contributed by atoms with E-state index in [2.05, 4.69) is 11.8 Å². The maximum atomic E-state index is 8.82. The second kappa shape index (κ2) is 14.4. The van der Waals surface area contributed by atoms with E-state index < -0.39 is 6.56 Å². The van der Waals surface area contributed by atoms with Gasteiger partial charge in [-0.2, -0.15) is 0 Å². The molecular weight excluding hydrogens is 204 g/mol. The molecule has 0 aliphatic rings. The molecule has 0 radical (unpaired) electrons. The van der Waals surface area contributed by atoms with Gasteiger partial charge in [0.05, 0.1) is 2.74 Å². The molecule has 94 valence electrons. The highest BCUT2D eigenvalue weighted by Gasteiger charge is 1.89. The van der Waals surface area contributed by atoms with E-state index in [0.29, 0.717) is 13.2 Å². The SMILES string of the molecule is [2H]C([2H])(O)CCC#CCCCCCCOCOC. The van der Waals surface area contributed by atoms with Crippen molar-refractivity contribution in [3.63, 3.8) is 0 Å². The first-order valence-corrected chi connectivity index (χ1v) is 5.81. The number of hydrogen-bond donors (Lipinski definition) is 1. The molecule has 0 aliphatic heterocycles. The molecular formula is C13H24O3. The fourth-order valence-corrected chi connectivity index (χ4v) is 1.21. The van der Waals surface area contributed by atoms with Gasteiger partial charge in [-0.25, -0.2) is 0 Å². The highest BCUT2D eigenvalue weighted by molar-refractivity contribution is 4.98. The van der Waals surface area contributed by atoms with E-state index in [-0.39, 0.29) is 6.42 Å². The molecule has 0 atom stereocenters. The smallest absolute Gasteiger partial charge is 0.146 e. The van der Waals surface area contributed by atoms with Gasteiger partial charge in [-0.3, -0.25) is 0 Å². The fourth-order valence-electron chi connectivity index (χ4n) is 1.21. The third kappa shape index (κ3) is 13.4. The van der Waals surface area contributed by atoms with Crippen LogP contribution in [-0.2, 0) is 9.47 Å². The molecule has 0 aromatic heterocycles. The Balaban J connectivity index is 3.18. The molecule has 0 rings (SSSR count). The van der Waals surface area contributed by atoms with Crippen LogP contribution in [0.4, 0.5) is 0 Å². The zero-order valence-electron chi connectivity index (χ0n) is 12.1. The lowest BCUT2D eigenvalue weighted by molar-refractivity contribution is -0.0315. The molecule has 0 saturated carbocycles. The van der Waals surface area contributed by atoms with E-state index in [1.807, 2.05) is 0 Å². The van der Waals surface area contributed by atoms with Gasteiger partial charge in [0.2, 0.25) is 0 Å². The zero-order valence-corrected chi connectivity index (χ0v) is 10.1. The lowest BCUT2D eigenvalue weighted by Gasteiger charge is -2.01. The zero-order chi connectivity index (χ0) is 13.7.